The van der Waals surface area contributed by atoms with Gasteiger partial charge in [0.25, 0.3) is 0 Å². The first-order valence-corrected chi connectivity index (χ1v) is 7.18. The molecule has 0 aromatic rings. The summed E-state index contributed by atoms with van der Waals surface area (Å²) in [6.07, 6.45) is 3.55. The molecule has 1 aliphatic rings. The first kappa shape index (κ1) is 12.4. The van der Waals surface area contributed by atoms with Crippen LogP contribution >= 0.6 is 27.7 Å². The second-order valence-corrected chi connectivity index (χ2v) is 6.36. The molecule has 4 heteroatoms. The molecule has 1 heterocycles. The second kappa shape index (κ2) is 6.01. The Hall–Kier alpha value is 0.300. The number of thioether (sulfide) groups is 1. The summed E-state index contributed by atoms with van der Waals surface area (Å²) >= 11 is 5.34. The number of hydrogen-bond donors (Lipinski definition) is 0. The maximum absolute atomic E-state index is 11.7. The summed E-state index contributed by atoms with van der Waals surface area (Å²) in [7, 11) is 1.93. The molecule has 14 heavy (non-hydrogen) atoms. The minimum Gasteiger partial charge on any atom is -0.342 e. The van der Waals surface area contributed by atoms with Crippen LogP contribution < -0.4 is 0 Å². The summed E-state index contributed by atoms with van der Waals surface area (Å²) in [5, 5.41) is 0. The fourth-order valence-electron chi connectivity index (χ4n) is 1.73. The first-order chi connectivity index (χ1) is 6.63. The number of hydrogen-bond acceptors (Lipinski definition) is 2. The molecule has 1 saturated heterocycles. The van der Waals surface area contributed by atoms with Crippen LogP contribution in [0.1, 0.15) is 26.2 Å². The predicted molar refractivity (Wildman–Crippen MR) is 66.1 cm³/mol. The number of alkyl halides is 1. The minimum absolute atomic E-state index is 0.0524. The van der Waals surface area contributed by atoms with Gasteiger partial charge in [0.2, 0.25) is 5.91 Å². The molecule has 0 spiro atoms. The fraction of sp³-hybridized carbons (Fsp3) is 0.900. The molecule has 0 aromatic carbocycles. The van der Waals surface area contributed by atoms with E-state index in [1.807, 2.05) is 30.6 Å². The van der Waals surface area contributed by atoms with Crippen LogP contribution in [0.4, 0.5) is 0 Å². The summed E-state index contributed by atoms with van der Waals surface area (Å²) in [6, 6.07) is 0.456. The third-order valence-corrected chi connectivity index (χ3v) is 4.15. The van der Waals surface area contributed by atoms with E-state index in [2.05, 4.69) is 15.9 Å². The largest absolute Gasteiger partial charge is 0.342 e. The standard InChI is InChI=1S/C10H18BrNOS/c1-8(11)10(13)12(2)9-4-3-6-14-7-5-9/h8-9H,3-7H2,1-2H3. The third-order valence-electron chi connectivity index (χ3n) is 2.66. The molecule has 1 aliphatic heterocycles. The van der Waals surface area contributed by atoms with Crippen LogP contribution in [0.3, 0.4) is 0 Å². The van der Waals surface area contributed by atoms with Gasteiger partial charge in [0.1, 0.15) is 0 Å². The molecule has 1 amide bonds. The molecule has 1 fully saturated rings. The second-order valence-electron chi connectivity index (χ2n) is 3.76. The van der Waals surface area contributed by atoms with Gasteiger partial charge in [-0.25, -0.2) is 0 Å². The lowest BCUT2D eigenvalue weighted by Gasteiger charge is -2.28. The van der Waals surface area contributed by atoms with E-state index in [0.717, 1.165) is 12.8 Å². The van der Waals surface area contributed by atoms with Gasteiger partial charge in [0, 0.05) is 13.1 Å². The van der Waals surface area contributed by atoms with E-state index in [1.54, 1.807) is 0 Å². The van der Waals surface area contributed by atoms with Gasteiger partial charge in [-0.05, 0) is 37.7 Å². The Balaban J connectivity index is 2.49. The zero-order chi connectivity index (χ0) is 10.6. The van der Waals surface area contributed by atoms with Crippen LogP contribution in [-0.2, 0) is 4.79 Å². The van der Waals surface area contributed by atoms with E-state index in [1.165, 1.54) is 17.9 Å². The SMILES string of the molecule is CC(Br)C(=O)N(C)C1CCCSCC1. The Morgan fingerprint density at radius 1 is 1.50 bits per heavy atom. The summed E-state index contributed by atoms with van der Waals surface area (Å²) in [5.74, 6) is 2.66. The topological polar surface area (TPSA) is 20.3 Å². The van der Waals surface area contributed by atoms with Crippen molar-refractivity contribution in [3.63, 3.8) is 0 Å². The average Bonchev–Trinajstić information content (AvgIpc) is 2.43. The van der Waals surface area contributed by atoms with Gasteiger partial charge in [0.05, 0.1) is 4.83 Å². The molecule has 0 aliphatic carbocycles. The molecule has 1 rings (SSSR count). The van der Waals surface area contributed by atoms with Crippen molar-refractivity contribution in [1.82, 2.24) is 4.90 Å². The zero-order valence-corrected chi connectivity index (χ0v) is 11.2. The highest BCUT2D eigenvalue weighted by Crippen LogP contribution is 2.21. The lowest BCUT2D eigenvalue weighted by molar-refractivity contribution is -0.131. The van der Waals surface area contributed by atoms with Crippen LogP contribution in [-0.4, -0.2) is 40.2 Å². The Bertz CT molecular complexity index is 191. The van der Waals surface area contributed by atoms with Crippen LogP contribution in [0.5, 0.6) is 0 Å². The Morgan fingerprint density at radius 3 is 2.86 bits per heavy atom. The quantitative estimate of drug-likeness (QED) is 0.724. The van der Waals surface area contributed by atoms with Crippen molar-refractivity contribution < 1.29 is 4.79 Å². The van der Waals surface area contributed by atoms with E-state index in [9.17, 15) is 4.79 Å². The summed E-state index contributed by atoms with van der Waals surface area (Å²) < 4.78 is 0. The van der Waals surface area contributed by atoms with Crippen molar-refractivity contribution in [3.05, 3.63) is 0 Å². The number of halogens is 1. The molecule has 2 unspecified atom stereocenters. The van der Waals surface area contributed by atoms with E-state index in [-0.39, 0.29) is 10.7 Å². The van der Waals surface area contributed by atoms with Crippen molar-refractivity contribution in [2.75, 3.05) is 18.6 Å². The molecule has 0 radical (unpaired) electrons. The summed E-state index contributed by atoms with van der Waals surface area (Å²) in [6.45, 7) is 1.89. The summed E-state index contributed by atoms with van der Waals surface area (Å²) in [4.78, 5) is 13.6. The molecule has 0 aromatic heterocycles. The van der Waals surface area contributed by atoms with Gasteiger partial charge in [-0.3, -0.25) is 4.79 Å². The molecule has 2 nitrogen and oxygen atoms in total. The van der Waals surface area contributed by atoms with E-state index in [4.69, 9.17) is 0 Å². The molecular weight excluding hydrogens is 262 g/mol. The monoisotopic (exact) mass is 279 g/mol. The van der Waals surface area contributed by atoms with E-state index < -0.39 is 0 Å². The lowest BCUT2D eigenvalue weighted by atomic mass is 10.1. The highest BCUT2D eigenvalue weighted by Gasteiger charge is 2.23. The van der Waals surface area contributed by atoms with Gasteiger partial charge < -0.3 is 4.90 Å². The first-order valence-electron chi connectivity index (χ1n) is 5.11. The van der Waals surface area contributed by atoms with Crippen molar-refractivity contribution >= 4 is 33.6 Å². The molecule has 2 atom stereocenters. The fourth-order valence-corrected chi connectivity index (χ4v) is 3.07. The number of carbonyl (C=O) groups is 1. The lowest BCUT2D eigenvalue weighted by Crippen LogP contribution is -2.40. The summed E-state index contributed by atoms with van der Waals surface area (Å²) in [5.41, 5.74) is 0. The normalized spacial score (nSPS) is 25.2. The van der Waals surface area contributed by atoms with Crippen molar-refractivity contribution in [2.24, 2.45) is 0 Å². The molecule has 0 bridgehead atoms. The number of carbonyl (C=O) groups excluding carboxylic acids is 1. The smallest absolute Gasteiger partial charge is 0.236 e. The molecule has 0 N–H and O–H groups in total. The maximum atomic E-state index is 11.7. The number of nitrogens with zero attached hydrogens (tertiary/aromatic N) is 1. The highest BCUT2D eigenvalue weighted by atomic mass is 79.9. The average molecular weight is 280 g/mol. The van der Waals surface area contributed by atoms with Gasteiger partial charge in [-0.1, -0.05) is 15.9 Å². The highest BCUT2D eigenvalue weighted by molar-refractivity contribution is 9.10. The van der Waals surface area contributed by atoms with Crippen molar-refractivity contribution in [3.8, 4) is 0 Å². The number of rotatable bonds is 2. The van der Waals surface area contributed by atoms with Gasteiger partial charge in [0.15, 0.2) is 0 Å². The number of amides is 1. The van der Waals surface area contributed by atoms with E-state index in [0.29, 0.717) is 6.04 Å². The predicted octanol–water partition coefficient (Wildman–Crippen LogP) is 2.51. The van der Waals surface area contributed by atoms with Crippen molar-refractivity contribution in [1.29, 1.82) is 0 Å². The maximum Gasteiger partial charge on any atom is 0.236 e. The van der Waals surface area contributed by atoms with Gasteiger partial charge in [-0.15, -0.1) is 0 Å². The zero-order valence-electron chi connectivity index (χ0n) is 8.83. The van der Waals surface area contributed by atoms with Gasteiger partial charge >= 0.3 is 0 Å². The Labute approximate surface area is 98.9 Å². The van der Waals surface area contributed by atoms with Gasteiger partial charge in [-0.2, -0.15) is 11.8 Å². The molecular formula is C10H18BrNOS. The Kier molecular flexibility index (Phi) is 5.31. The molecule has 82 valence electrons. The minimum atomic E-state index is -0.0524. The Morgan fingerprint density at radius 2 is 2.21 bits per heavy atom. The van der Waals surface area contributed by atoms with Crippen LogP contribution in [0.15, 0.2) is 0 Å². The van der Waals surface area contributed by atoms with Crippen molar-refractivity contribution in [2.45, 2.75) is 37.1 Å². The van der Waals surface area contributed by atoms with Crippen LogP contribution in [0.2, 0.25) is 0 Å². The van der Waals surface area contributed by atoms with E-state index >= 15 is 0 Å². The van der Waals surface area contributed by atoms with Crippen LogP contribution in [0.25, 0.3) is 0 Å². The third kappa shape index (κ3) is 3.46. The molecule has 0 saturated carbocycles. The van der Waals surface area contributed by atoms with Crippen LogP contribution in [0, 0.1) is 0 Å².